The summed E-state index contributed by atoms with van der Waals surface area (Å²) in [4.78, 5) is 0. The largest absolute Gasteiger partial charge is 0 e. The van der Waals surface area contributed by atoms with Crippen LogP contribution in [0.4, 0.5) is 13.2 Å². The second-order valence-electron chi connectivity index (χ2n) is 1.47. The van der Waals surface area contributed by atoms with Crippen molar-refractivity contribution in [2.24, 2.45) is 0 Å². The molecule has 0 rings (SSSR count). The van der Waals surface area contributed by atoms with E-state index in [-0.39, 0.29) is 105 Å². The summed E-state index contributed by atoms with van der Waals surface area (Å²) in [5.41, 5.74) is 0. The third-order valence-electron chi connectivity index (χ3n) is 0.637. The summed E-state index contributed by atoms with van der Waals surface area (Å²) in [5, 5.41) is 0. The fourth-order valence-electron chi connectivity index (χ4n) is 0.289. The second kappa shape index (κ2) is 43.0. The first-order valence-electron chi connectivity index (χ1n) is 3.05. The molecule has 0 aromatic heterocycles. The first-order valence-corrected chi connectivity index (χ1v) is 7.56. The zero-order valence-electron chi connectivity index (χ0n) is 9.06. The standard InChI is InChI=1S/C4H6F3Si.3N.6Y/c5-4(6,7)2-1-3-8;;;;;;;;;/h1-3H2;;;;;;;;;. The van der Waals surface area contributed by atoms with Crippen molar-refractivity contribution in [1.82, 2.24) is 0 Å². The maximum Gasteiger partial charge on any atom is 0 e. The van der Waals surface area contributed by atoms with Gasteiger partial charge in [0.05, 0.1) is 0 Å². The Balaban J connectivity index is -0.0000000196. The smallest absolute Gasteiger partial charge is 0 e. The average Bonchev–Trinajstić information content (AvgIpc) is 2.23. The molecule has 0 spiro atoms. The van der Waals surface area contributed by atoms with Crippen molar-refractivity contribution in [3.63, 3.8) is 0 Å². The van der Waals surface area contributed by atoms with Gasteiger partial charge in [-0.05, 0) is 6.42 Å². The molecule has 0 atom stereocenters. The van der Waals surface area contributed by atoms with Gasteiger partial charge in [-0.3, -0.25) is 0 Å². The molecule has 0 saturated heterocycles. The summed E-state index contributed by atoms with van der Waals surface area (Å²) in [6.07, 6.45) is -4.50. The Labute approximate surface area is 238 Å². The van der Waals surface area contributed by atoms with Gasteiger partial charge in [-0.1, -0.05) is 6.04 Å². The molecule has 0 aliphatic carbocycles. The van der Waals surface area contributed by atoms with E-state index in [4.69, 9.17) is 6.83 Å². The fraction of sp³-hybridized carbons (Fsp3) is 1.00. The fourth-order valence-corrected chi connectivity index (χ4v) is 0.466. The number of halogens is 3. The molecule has 0 aliphatic rings. The molecule has 0 aliphatic heterocycles. The van der Waals surface area contributed by atoms with Gasteiger partial charge in [0.15, 0.2) is 0 Å². The Morgan fingerprint density at radius 3 is 1.12 bits per heavy atom. The van der Waals surface area contributed by atoms with Crippen molar-refractivity contribution in [1.29, 1.82) is 6.83 Å². The quantitative estimate of drug-likeness (QED) is 0.411. The van der Waals surface area contributed by atoms with E-state index in [1.807, 2.05) is 0 Å². The molecule has 0 bridgehead atoms. The van der Waals surface area contributed by atoms with Crippen LogP contribution >= 0.6 is 0 Å². The van der Waals surface area contributed by atoms with E-state index in [1.165, 1.54) is 0 Å². The summed E-state index contributed by atoms with van der Waals surface area (Å²) in [5.74, 6) is 0. The third-order valence-corrected chi connectivity index (χ3v) is 0.991. The molecule has 0 unspecified atom stereocenters. The molecule has 0 saturated carbocycles. The van der Waals surface area contributed by atoms with Crippen LogP contribution in [0.1, 0.15) is 12.8 Å². The molecule has 13 heteroatoms. The van der Waals surface area contributed by atoms with Gasteiger partial charge in [0.2, 0.25) is 0 Å². The van der Waals surface area contributed by atoms with Gasteiger partial charge >= 0.3 is 105 Å². The molecule has 0 fully saturated rings. The molecule has 3 nitrogen and oxygen atoms in total. The predicted molar refractivity (Wildman–Crippen MR) is 31.0 cm³/mol. The van der Waals surface area contributed by atoms with Crippen LogP contribution in [0, 0.1) is 6.83 Å². The van der Waals surface area contributed by atoms with Gasteiger partial charge in [0.25, 0.3) is 0 Å². The Bertz CT molecular complexity index is 149. The molecular formula is C4H6F3N3SiY6. The maximum absolute atomic E-state index is 11.2. The van der Waals surface area contributed by atoms with Crippen LogP contribution in [0.3, 0.4) is 0 Å². The van der Waals surface area contributed by atoms with Gasteiger partial charge < -0.3 is 0 Å². The van der Waals surface area contributed by atoms with Gasteiger partial charge in [-0.25, -0.2) is 0 Å². The number of nitrogens with zero attached hydrogens (tertiary/aromatic N) is 3. The molecule has 0 aromatic carbocycles. The molecular weight excluding hydrogens is 709 g/mol. The zero-order chi connectivity index (χ0) is 12.6. The predicted octanol–water partition coefficient (Wildman–Crippen LogP) is 1.95. The summed E-state index contributed by atoms with van der Waals surface area (Å²) >= 11 is 1.05. The molecule has 0 heterocycles. The van der Waals surface area contributed by atoms with Gasteiger partial charge in [-0.15, -0.1) is 0 Å². The normalized spacial score (nSPS) is 6.53. The third kappa shape index (κ3) is 73.4. The first kappa shape index (κ1) is 43.4. The minimum atomic E-state index is -3.98. The minimum Gasteiger partial charge on any atom is 0 e. The van der Waals surface area contributed by atoms with Crippen LogP contribution in [0.15, 0.2) is 0 Å². The van der Waals surface area contributed by atoms with Crippen LogP contribution in [0.5, 0.6) is 0 Å². The Kier molecular flexibility index (Phi) is 110. The Morgan fingerprint density at radius 1 is 0.824 bits per heavy atom. The van der Waals surface area contributed by atoms with Gasteiger partial charge in [-0.2, -0.15) is 13.2 Å². The number of hydrogen-bond donors (Lipinski definition) is 0. The summed E-state index contributed by atoms with van der Waals surface area (Å²) in [6.45, 7) is 0. The van der Waals surface area contributed by atoms with Crippen LogP contribution in [0.25, 0.3) is 0 Å². The molecule has 6 radical (unpaired) electrons. The van der Waals surface area contributed by atoms with E-state index in [9.17, 15) is 13.2 Å². The van der Waals surface area contributed by atoms with E-state index in [0.29, 0.717) is 97.9 Å². The van der Waals surface area contributed by atoms with E-state index in [2.05, 4.69) is 10.2 Å². The zero-order valence-corrected chi connectivity index (χ0v) is 27.1. The molecule has 80 valence electrons. The van der Waals surface area contributed by atoms with Crippen molar-refractivity contribution in [3.8, 4) is 0 Å². The van der Waals surface area contributed by atoms with Crippen LogP contribution in [-0.4, -0.2) is 16.4 Å². The topological polar surface area (TPSA) is 71.4 Å². The summed E-state index contributed by atoms with van der Waals surface area (Å²) in [6, 6.07) is 0.416. The van der Waals surface area contributed by atoms with Gasteiger partial charge in [0.1, 0.15) is 0 Å². The van der Waals surface area contributed by atoms with Crippen LogP contribution in [-0.2, 0) is 190 Å². The monoisotopic (exact) mass is 714 g/mol. The van der Waals surface area contributed by atoms with E-state index >= 15 is 0 Å². The van der Waals surface area contributed by atoms with Crippen molar-refractivity contribution in [2.75, 3.05) is 0 Å². The minimum absolute atomic E-state index is 0. The van der Waals surface area contributed by atoms with Crippen molar-refractivity contribution < 1.29 is 203 Å². The SMILES string of the molecule is FC(F)(F)CCC[Si].[N]#[Y].[N]#[Y].[N]#[Y].[Y].[Y].[Y]. The number of rotatable bonds is 2. The molecule has 0 aromatic rings. The molecule has 0 amide bonds. The first-order chi connectivity index (χ1) is 6.56. The summed E-state index contributed by atoms with van der Waals surface area (Å²) in [7, 11) is 2.94. The Hall–Kier alpha value is 5.76. The average molecular weight is 715 g/mol. The number of alkyl halides is 3. The van der Waals surface area contributed by atoms with E-state index in [1.54, 1.807) is 0 Å². The second-order valence-corrected chi connectivity index (χ2v) is 1.97. The molecule has 17 heavy (non-hydrogen) atoms. The molecule has 0 N–H and O–H groups in total. The van der Waals surface area contributed by atoms with Crippen LogP contribution in [0.2, 0.25) is 6.04 Å². The maximum atomic E-state index is 11.2. The van der Waals surface area contributed by atoms with E-state index < -0.39 is 12.6 Å². The van der Waals surface area contributed by atoms with Crippen molar-refractivity contribution >= 4 is 10.2 Å². The van der Waals surface area contributed by atoms with Crippen LogP contribution < -0.4 is 0 Å². The summed E-state index contributed by atoms with van der Waals surface area (Å²) < 4.78 is 55.1. The number of hydrogen-bond acceptors (Lipinski definition) is 3. The Morgan fingerprint density at radius 2 is 1.06 bits per heavy atom. The van der Waals surface area contributed by atoms with Crippen molar-refractivity contribution in [3.05, 3.63) is 0 Å². The van der Waals surface area contributed by atoms with Gasteiger partial charge in [0, 0.05) is 115 Å². The van der Waals surface area contributed by atoms with Crippen molar-refractivity contribution in [2.45, 2.75) is 25.1 Å². The van der Waals surface area contributed by atoms with E-state index in [0.717, 1.165) is 0 Å².